The fourth-order valence-corrected chi connectivity index (χ4v) is 2.25. The van der Waals surface area contributed by atoms with Gasteiger partial charge in [0.25, 0.3) is 0 Å². The van der Waals surface area contributed by atoms with Crippen molar-refractivity contribution in [2.75, 3.05) is 26.3 Å². The normalized spacial score (nSPS) is 12.3. The van der Waals surface area contributed by atoms with Crippen LogP contribution in [0.5, 0.6) is 0 Å². The lowest BCUT2D eigenvalue weighted by atomic mass is 10.1. The van der Waals surface area contributed by atoms with E-state index in [1.165, 1.54) is 44.9 Å². The van der Waals surface area contributed by atoms with Gasteiger partial charge in [-0.1, -0.05) is 58.3 Å². The average Bonchev–Trinajstić information content (AvgIpc) is 2.51. The molecule has 0 aliphatic heterocycles. The molecular formula is C17H35NO4. The topological polar surface area (TPSA) is 78.8 Å². The maximum absolute atomic E-state index is 11.5. The van der Waals surface area contributed by atoms with Gasteiger partial charge in [0.2, 0.25) is 0 Å². The van der Waals surface area contributed by atoms with E-state index in [-0.39, 0.29) is 19.2 Å². The molecule has 0 aromatic heterocycles. The second-order valence-electron chi connectivity index (χ2n) is 5.84. The number of nitrogens with one attached hydrogen (secondary N) is 1. The molecule has 0 saturated carbocycles. The van der Waals surface area contributed by atoms with E-state index in [0.717, 1.165) is 12.8 Å². The molecule has 5 nitrogen and oxygen atoms in total. The molecule has 0 fully saturated rings. The van der Waals surface area contributed by atoms with Crippen molar-refractivity contribution in [1.29, 1.82) is 0 Å². The van der Waals surface area contributed by atoms with Gasteiger partial charge >= 0.3 is 5.97 Å². The second kappa shape index (κ2) is 16.7. The van der Waals surface area contributed by atoms with Crippen LogP contribution in [0.4, 0.5) is 0 Å². The molecular weight excluding hydrogens is 282 g/mol. The maximum Gasteiger partial charge on any atom is 0.305 e. The van der Waals surface area contributed by atoms with Crippen molar-refractivity contribution in [1.82, 2.24) is 5.32 Å². The fraction of sp³-hybridized carbons (Fsp3) is 0.941. The quantitative estimate of drug-likeness (QED) is 0.301. The van der Waals surface area contributed by atoms with E-state index in [2.05, 4.69) is 12.2 Å². The summed E-state index contributed by atoms with van der Waals surface area (Å²) in [5, 5.41) is 21.0. The molecule has 0 spiro atoms. The van der Waals surface area contributed by atoms with Crippen molar-refractivity contribution in [2.45, 2.75) is 77.2 Å². The maximum atomic E-state index is 11.5. The summed E-state index contributed by atoms with van der Waals surface area (Å²) < 4.78 is 5.02. The lowest BCUT2D eigenvalue weighted by Gasteiger charge is -2.11. The zero-order chi connectivity index (χ0) is 16.5. The van der Waals surface area contributed by atoms with E-state index >= 15 is 0 Å². The van der Waals surface area contributed by atoms with Crippen molar-refractivity contribution >= 4 is 5.97 Å². The molecule has 0 heterocycles. The molecule has 0 radical (unpaired) electrons. The highest BCUT2D eigenvalue weighted by atomic mass is 16.5. The number of carbonyl (C=O) groups is 1. The van der Waals surface area contributed by atoms with E-state index < -0.39 is 6.10 Å². The molecule has 1 atom stereocenters. The highest BCUT2D eigenvalue weighted by Gasteiger charge is 2.08. The molecule has 0 saturated heterocycles. The Bertz CT molecular complexity index is 249. The van der Waals surface area contributed by atoms with Crippen LogP contribution in [-0.2, 0) is 9.53 Å². The van der Waals surface area contributed by atoms with Gasteiger partial charge in [0, 0.05) is 19.5 Å². The van der Waals surface area contributed by atoms with Crippen molar-refractivity contribution in [2.24, 2.45) is 0 Å². The zero-order valence-electron chi connectivity index (χ0n) is 14.2. The number of ether oxygens (including phenoxy) is 1. The number of aliphatic hydroxyl groups excluding tert-OH is 2. The summed E-state index contributed by atoms with van der Waals surface area (Å²) >= 11 is 0. The van der Waals surface area contributed by atoms with Gasteiger partial charge in [-0.25, -0.2) is 0 Å². The van der Waals surface area contributed by atoms with Crippen molar-refractivity contribution in [3.05, 3.63) is 0 Å². The summed E-state index contributed by atoms with van der Waals surface area (Å²) in [5.74, 6) is -0.232. The minimum absolute atomic E-state index is 0.0225. The van der Waals surface area contributed by atoms with Crippen LogP contribution in [0, 0.1) is 0 Å². The first-order valence-corrected chi connectivity index (χ1v) is 8.86. The van der Waals surface area contributed by atoms with E-state index in [1.807, 2.05) is 0 Å². The fourth-order valence-electron chi connectivity index (χ4n) is 2.25. The van der Waals surface area contributed by atoms with Gasteiger partial charge in [-0.05, 0) is 6.42 Å². The molecule has 22 heavy (non-hydrogen) atoms. The van der Waals surface area contributed by atoms with E-state index in [1.54, 1.807) is 0 Å². The van der Waals surface area contributed by atoms with Gasteiger partial charge in [0.05, 0.1) is 6.61 Å². The predicted octanol–water partition coefficient (Wildman–Crippen LogP) is 2.39. The van der Waals surface area contributed by atoms with Gasteiger partial charge < -0.3 is 20.3 Å². The summed E-state index contributed by atoms with van der Waals surface area (Å²) in [7, 11) is 0. The van der Waals surface area contributed by atoms with Crippen LogP contribution in [0.25, 0.3) is 0 Å². The van der Waals surface area contributed by atoms with Crippen LogP contribution in [0.1, 0.15) is 71.1 Å². The zero-order valence-corrected chi connectivity index (χ0v) is 14.2. The Labute approximate surface area is 135 Å². The van der Waals surface area contributed by atoms with Crippen LogP contribution >= 0.6 is 0 Å². The smallest absolute Gasteiger partial charge is 0.305 e. The van der Waals surface area contributed by atoms with Crippen LogP contribution in [0.3, 0.4) is 0 Å². The number of rotatable bonds is 16. The summed E-state index contributed by atoms with van der Waals surface area (Å²) in [5.41, 5.74) is 0. The Balaban J connectivity index is 3.28. The number of aliphatic hydroxyl groups is 2. The third kappa shape index (κ3) is 15.7. The number of esters is 1. The first kappa shape index (κ1) is 21.4. The molecule has 0 aromatic carbocycles. The third-order valence-corrected chi connectivity index (χ3v) is 3.59. The summed E-state index contributed by atoms with van der Waals surface area (Å²) in [6, 6.07) is 0. The molecule has 1 unspecified atom stereocenters. The van der Waals surface area contributed by atoms with Gasteiger partial charge in [0.1, 0.15) is 12.7 Å². The van der Waals surface area contributed by atoms with Crippen LogP contribution in [0.2, 0.25) is 0 Å². The molecule has 0 aliphatic rings. The molecule has 0 aliphatic carbocycles. The number of hydrogen-bond acceptors (Lipinski definition) is 5. The largest absolute Gasteiger partial charge is 0.463 e. The monoisotopic (exact) mass is 317 g/mol. The number of carbonyl (C=O) groups excluding carboxylic acids is 1. The molecule has 5 heteroatoms. The van der Waals surface area contributed by atoms with Gasteiger partial charge in [-0.2, -0.15) is 0 Å². The second-order valence-corrected chi connectivity index (χ2v) is 5.84. The summed E-state index contributed by atoms with van der Waals surface area (Å²) in [6.07, 6.45) is 10.7. The molecule has 0 aromatic rings. The van der Waals surface area contributed by atoms with Crippen molar-refractivity contribution < 1.29 is 19.7 Å². The predicted molar refractivity (Wildman–Crippen MR) is 88.8 cm³/mol. The van der Waals surface area contributed by atoms with Crippen LogP contribution in [0.15, 0.2) is 0 Å². The Morgan fingerprint density at radius 1 is 1.05 bits per heavy atom. The lowest BCUT2D eigenvalue weighted by Crippen LogP contribution is -2.32. The molecule has 3 N–H and O–H groups in total. The van der Waals surface area contributed by atoms with Gasteiger partial charge in [-0.3, -0.25) is 4.79 Å². The van der Waals surface area contributed by atoms with Crippen LogP contribution < -0.4 is 5.32 Å². The summed E-state index contributed by atoms with van der Waals surface area (Å²) in [6.45, 7) is 3.04. The molecule has 0 amide bonds. The molecule has 132 valence electrons. The lowest BCUT2D eigenvalue weighted by molar-refractivity contribution is -0.146. The highest BCUT2D eigenvalue weighted by Crippen LogP contribution is 2.10. The Hall–Kier alpha value is -0.650. The minimum atomic E-state index is -0.710. The first-order chi connectivity index (χ1) is 10.7. The van der Waals surface area contributed by atoms with E-state index in [0.29, 0.717) is 19.5 Å². The standard InChI is InChI=1S/C17H35NO4/c1-2-3-4-5-6-7-8-9-10-11-17(21)22-15-16(20)14-18-12-13-19/h16,18-20H,2-15H2,1H3. The number of unbranched alkanes of at least 4 members (excludes halogenated alkanes) is 8. The SMILES string of the molecule is CCCCCCCCCCCC(=O)OCC(O)CNCCO. The molecule has 0 bridgehead atoms. The van der Waals surface area contributed by atoms with Gasteiger partial charge in [-0.15, -0.1) is 0 Å². The summed E-state index contributed by atoms with van der Waals surface area (Å²) in [4.78, 5) is 11.5. The van der Waals surface area contributed by atoms with Crippen molar-refractivity contribution in [3.63, 3.8) is 0 Å². The van der Waals surface area contributed by atoms with Crippen LogP contribution in [-0.4, -0.2) is 48.6 Å². The van der Waals surface area contributed by atoms with Crippen molar-refractivity contribution in [3.8, 4) is 0 Å². The van der Waals surface area contributed by atoms with E-state index in [9.17, 15) is 9.90 Å². The number of hydrogen-bond donors (Lipinski definition) is 3. The highest BCUT2D eigenvalue weighted by molar-refractivity contribution is 5.69. The minimum Gasteiger partial charge on any atom is -0.463 e. The Morgan fingerprint density at radius 2 is 1.64 bits per heavy atom. The third-order valence-electron chi connectivity index (χ3n) is 3.59. The van der Waals surface area contributed by atoms with Gasteiger partial charge in [0.15, 0.2) is 0 Å². The Morgan fingerprint density at radius 3 is 2.23 bits per heavy atom. The molecule has 0 rings (SSSR count). The first-order valence-electron chi connectivity index (χ1n) is 8.86. The Kier molecular flexibility index (Phi) is 16.2. The van der Waals surface area contributed by atoms with E-state index in [4.69, 9.17) is 9.84 Å². The average molecular weight is 317 g/mol.